The SMILES string of the molecule is COc1cccc([C@H]2C3=C(N=c4s/c(=C/c5ccc(-c6cccc(Cl)c6Cl)o5)c(=O)n42)c2ccccc2CC3)c1. The van der Waals surface area contributed by atoms with Gasteiger partial charge in [-0.15, -0.1) is 0 Å². The van der Waals surface area contributed by atoms with Crippen LogP contribution < -0.4 is 19.6 Å². The van der Waals surface area contributed by atoms with E-state index < -0.39 is 0 Å². The monoisotopic (exact) mass is 584 g/mol. The van der Waals surface area contributed by atoms with Gasteiger partial charge in [0.25, 0.3) is 5.56 Å². The van der Waals surface area contributed by atoms with Crippen LogP contribution >= 0.6 is 34.5 Å². The number of furan rings is 1. The number of hydrogen-bond donors (Lipinski definition) is 0. The van der Waals surface area contributed by atoms with Crippen molar-refractivity contribution < 1.29 is 9.15 Å². The molecular formula is C32H22Cl2N2O3S. The predicted octanol–water partition coefficient (Wildman–Crippen LogP) is 6.89. The Morgan fingerprint density at radius 3 is 2.70 bits per heavy atom. The number of fused-ring (bicyclic) bond motifs is 3. The third kappa shape index (κ3) is 4.15. The van der Waals surface area contributed by atoms with Crippen molar-refractivity contribution in [3.63, 3.8) is 0 Å². The third-order valence-electron chi connectivity index (χ3n) is 7.40. The lowest BCUT2D eigenvalue weighted by Gasteiger charge is -2.31. The van der Waals surface area contributed by atoms with Crippen LogP contribution in [0.25, 0.3) is 23.1 Å². The maximum Gasteiger partial charge on any atom is 0.271 e. The molecular weight excluding hydrogens is 563 g/mol. The number of aryl methyl sites for hydroxylation is 1. The summed E-state index contributed by atoms with van der Waals surface area (Å²) in [5.74, 6) is 1.87. The van der Waals surface area contributed by atoms with Gasteiger partial charge in [-0.05, 0) is 65.9 Å². The van der Waals surface area contributed by atoms with E-state index >= 15 is 0 Å². The maximum absolute atomic E-state index is 14.0. The smallest absolute Gasteiger partial charge is 0.271 e. The van der Waals surface area contributed by atoms with E-state index in [0.717, 1.165) is 41.0 Å². The first kappa shape index (κ1) is 25.1. The maximum atomic E-state index is 14.0. The van der Waals surface area contributed by atoms with E-state index in [1.54, 1.807) is 19.3 Å². The first-order valence-corrected chi connectivity index (χ1v) is 14.4. The molecule has 1 aliphatic heterocycles. The Kier molecular flexibility index (Phi) is 6.27. The number of allylic oxidation sites excluding steroid dienone is 1. The van der Waals surface area contributed by atoms with Crippen LogP contribution in [0, 0.1) is 0 Å². The Labute approximate surface area is 243 Å². The van der Waals surface area contributed by atoms with E-state index in [0.29, 0.717) is 36.5 Å². The number of benzene rings is 3. The van der Waals surface area contributed by atoms with Gasteiger partial charge in [0, 0.05) is 17.2 Å². The minimum atomic E-state index is -0.283. The van der Waals surface area contributed by atoms with Crippen LogP contribution in [0.1, 0.15) is 34.9 Å². The van der Waals surface area contributed by atoms with Gasteiger partial charge >= 0.3 is 0 Å². The molecule has 0 fully saturated rings. The molecule has 8 heteroatoms. The van der Waals surface area contributed by atoms with Gasteiger partial charge in [-0.1, -0.05) is 77.0 Å². The number of aromatic nitrogens is 1. The molecule has 0 saturated heterocycles. The molecule has 0 N–H and O–H groups in total. The van der Waals surface area contributed by atoms with Gasteiger partial charge in [-0.2, -0.15) is 0 Å². The van der Waals surface area contributed by atoms with Gasteiger partial charge in [0.2, 0.25) is 0 Å². The molecule has 1 atom stereocenters. The van der Waals surface area contributed by atoms with Gasteiger partial charge < -0.3 is 9.15 Å². The topological polar surface area (TPSA) is 56.7 Å². The third-order valence-corrected chi connectivity index (χ3v) is 9.20. The summed E-state index contributed by atoms with van der Waals surface area (Å²) in [4.78, 5) is 19.7. The average molecular weight is 586 g/mol. The predicted molar refractivity (Wildman–Crippen MR) is 160 cm³/mol. The lowest BCUT2D eigenvalue weighted by Crippen LogP contribution is -2.38. The Morgan fingerprint density at radius 2 is 1.82 bits per heavy atom. The molecule has 2 aliphatic rings. The number of ether oxygens (including phenoxy) is 1. The highest BCUT2D eigenvalue weighted by atomic mass is 35.5. The fourth-order valence-electron chi connectivity index (χ4n) is 5.53. The van der Waals surface area contributed by atoms with E-state index in [-0.39, 0.29) is 11.6 Å². The minimum absolute atomic E-state index is 0.110. The molecule has 198 valence electrons. The van der Waals surface area contributed by atoms with Crippen molar-refractivity contribution in [3.8, 4) is 17.1 Å². The molecule has 2 aromatic heterocycles. The van der Waals surface area contributed by atoms with Crippen molar-refractivity contribution in [2.75, 3.05) is 7.11 Å². The second kappa shape index (κ2) is 9.97. The summed E-state index contributed by atoms with van der Waals surface area (Å²) in [7, 11) is 1.65. The summed E-state index contributed by atoms with van der Waals surface area (Å²) in [5, 5.41) is 0.877. The average Bonchev–Trinajstić information content (AvgIpc) is 3.57. The number of nitrogens with zero attached hydrogens (tertiary/aromatic N) is 2. The largest absolute Gasteiger partial charge is 0.497 e. The zero-order valence-electron chi connectivity index (χ0n) is 21.4. The summed E-state index contributed by atoms with van der Waals surface area (Å²) in [6, 6.07) is 25.1. The van der Waals surface area contributed by atoms with Crippen molar-refractivity contribution in [3.05, 3.63) is 137 Å². The van der Waals surface area contributed by atoms with Crippen molar-refractivity contribution in [2.45, 2.75) is 18.9 Å². The Bertz CT molecular complexity index is 2020. The van der Waals surface area contributed by atoms with Crippen LogP contribution in [-0.4, -0.2) is 11.7 Å². The van der Waals surface area contributed by atoms with Gasteiger partial charge in [-0.25, -0.2) is 4.99 Å². The van der Waals surface area contributed by atoms with Crippen molar-refractivity contribution in [2.24, 2.45) is 4.99 Å². The van der Waals surface area contributed by atoms with Crippen LogP contribution in [-0.2, 0) is 6.42 Å². The van der Waals surface area contributed by atoms with Crippen LogP contribution in [0.3, 0.4) is 0 Å². The molecule has 3 heterocycles. The normalized spacial score (nSPS) is 16.3. The van der Waals surface area contributed by atoms with Crippen LogP contribution in [0.5, 0.6) is 5.75 Å². The minimum Gasteiger partial charge on any atom is -0.497 e. The van der Waals surface area contributed by atoms with E-state index in [2.05, 4.69) is 24.3 Å². The molecule has 0 bridgehead atoms. The fraction of sp³-hybridized carbons (Fsp3) is 0.125. The number of rotatable bonds is 4. The van der Waals surface area contributed by atoms with E-state index in [1.165, 1.54) is 16.9 Å². The number of hydrogen-bond acceptors (Lipinski definition) is 5. The first-order valence-electron chi connectivity index (χ1n) is 12.8. The lowest BCUT2D eigenvalue weighted by molar-refractivity contribution is 0.413. The van der Waals surface area contributed by atoms with Crippen molar-refractivity contribution in [1.29, 1.82) is 0 Å². The van der Waals surface area contributed by atoms with Gasteiger partial charge in [0.15, 0.2) is 4.80 Å². The second-order valence-corrected chi connectivity index (χ2v) is 11.5. The van der Waals surface area contributed by atoms with Crippen LogP contribution in [0.4, 0.5) is 0 Å². The Balaban J connectivity index is 1.41. The van der Waals surface area contributed by atoms with Crippen LogP contribution in [0.2, 0.25) is 10.0 Å². The number of thiazole rings is 1. The Morgan fingerprint density at radius 1 is 1.00 bits per heavy atom. The molecule has 0 radical (unpaired) electrons. The summed E-state index contributed by atoms with van der Waals surface area (Å²) < 4.78 is 14.0. The first-order chi connectivity index (χ1) is 19.5. The second-order valence-electron chi connectivity index (χ2n) is 9.69. The fourth-order valence-corrected chi connectivity index (χ4v) is 6.91. The highest BCUT2D eigenvalue weighted by Crippen LogP contribution is 2.41. The molecule has 5 nitrogen and oxygen atoms in total. The zero-order valence-corrected chi connectivity index (χ0v) is 23.7. The quantitative estimate of drug-likeness (QED) is 0.231. The molecule has 5 aromatic rings. The molecule has 0 unspecified atom stereocenters. The highest BCUT2D eigenvalue weighted by Gasteiger charge is 2.32. The summed E-state index contributed by atoms with van der Waals surface area (Å²) in [6.45, 7) is 0. The summed E-state index contributed by atoms with van der Waals surface area (Å²) in [5.41, 5.74) is 6.07. The standard InChI is InChI=1S/C32H22Cl2N2O3S/c1-38-20-8-4-7-19(16-20)30-24-14-12-18-6-2-3-9-22(18)29(24)35-32-36(30)31(37)27(40-32)17-21-13-15-26(39-21)23-10-5-11-25(33)28(23)34/h2-11,13,15-17,30H,12,14H2,1H3/b27-17+/t30-/m0/s1. The molecule has 7 rings (SSSR count). The molecule has 3 aromatic carbocycles. The van der Waals surface area contributed by atoms with Gasteiger partial charge in [0.05, 0.1) is 33.4 Å². The lowest BCUT2D eigenvalue weighted by atomic mass is 9.83. The van der Waals surface area contributed by atoms with Gasteiger partial charge in [-0.3, -0.25) is 9.36 Å². The van der Waals surface area contributed by atoms with Crippen molar-refractivity contribution in [1.82, 2.24) is 4.57 Å². The summed E-state index contributed by atoms with van der Waals surface area (Å²) >= 11 is 14.0. The number of methoxy groups -OCH3 is 1. The molecule has 0 spiro atoms. The Hall–Kier alpha value is -3.84. The molecule has 0 saturated carbocycles. The van der Waals surface area contributed by atoms with Crippen molar-refractivity contribution >= 4 is 46.3 Å². The van der Waals surface area contributed by atoms with E-state index in [1.807, 2.05) is 53.1 Å². The van der Waals surface area contributed by atoms with E-state index in [9.17, 15) is 4.79 Å². The summed E-state index contributed by atoms with van der Waals surface area (Å²) in [6.07, 6.45) is 3.49. The zero-order chi connectivity index (χ0) is 27.4. The molecule has 40 heavy (non-hydrogen) atoms. The van der Waals surface area contributed by atoms with Crippen LogP contribution in [0.15, 0.2) is 98.6 Å². The van der Waals surface area contributed by atoms with Gasteiger partial charge in [0.1, 0.15) is 17.3 Å². The highest BCUT2D eigenvalue weighted by molar-refractivity contribution is 7.07. The molecule has 0 amide bonds. The van der Waals surface area contributed by atoms with E-state index in [4.69, 9.17) is 37.3 Å². The number of halogens is 2. The molecule has 1 aliphatic carbocycles.